The number of halogens is 3. The van der Waals surface area contributed by atoms with Gasteiger partial charge >= 0.3 is 18.1 Å². The van der Waals surface area contributed by atoms with Crippen LogP contribution < -0.4 is 5.32 Å². The number of hydrogen-bond donors (Lipinski definition) is 2. The molecule has 6 nitrogen and oxygen atoms in total. The van der Waals surface area contributed by atoms with Gasteiger partial charge in [-0.2, -0.15) is 13.2 Å². The Bertz CT molecular complexity index is 347. The largest absolute Gasteiger partial charge is 0.471 e. The van der Waals surface area contributed by atoms with Crippen LogP contribution in [0.4, 0.5) is 13.2 Å². The minimum absolute atomic E-state index is 0.0909. The molecule has 0 bridgehead atoms. The van der Waals surface area contributed by atoms with Crippen LogP contribution in [0.5, 0.6) is 0 Å². The highest BCUT2D eigenvalue weighted by atomic mass is 19.4. The van der Waals surface area contributed by atoms with Crippen molar-refractivity contribution in [2.45, 2.75) is 44.4 Å². The lowest BCUT2D eigenvalue weighted by atomic mass is 10.0. The van der Waals surface area contributed by atoms with Gasteiger partial charge in [0.2, 0.25) is 0 Å². The molecule has 1 rings (SSSR count). The second kappa shape index (κ2) is 6.20. The predicted molar refractivity (Wildman–Crippen MR) is 54.7 cm³/mol. The molecule has 0 saturated carbocycles. The third kappa shape index (κ3) is 5.03. The van der Waals surface area contributed by atoms with Gasteiger partial charge in [0.25, 0.3) is 0 Å². The molecule has 110 valence electrons. The van der Waals surface area contributed by atoms with Crippen LogP contribution in [-0.4, -0.2) is 48.2 Å². The average molecular weight is 285 g/mol. The fraction of sp³-hybridized carbons (Fsp3) is 0.800. The van der Waals surface area contributed by atoms with E-state index in [0.717, 1.165) is 0 Å². The van der Waals surface area contributed by atoms with Gasteiger partial charge < -0.3 is 19.9 Å². The fourth-order valence-electron chi connectivity index (χ4n) is 1.59. The van der Waals surface area contributed by atoms with E-state index in [9.17, 15) is 27.9 Å². The van der Waals surface area contributed by atoms with Crippen LogP contribution in [0, 0.1) is 0 Å². The van der Waals surface area contributed by atoms with Gasteiger partial charge in [-0.15, -0.1) is 0 Å². The number of nitrogens with one attached hydrogen (secondary N) is 1. The molecular formula is C10H14F3NO5. The lowest BCUT2D eigenvalue weighted by molar-refractivity contribution is -0.202. The minimum Gasteiger partial charge on any atom is -0.463 e. The zero-order valence-electron chi connectivity index (χ0n) is 10.1. The van der Waals surface area contributed by atoms with E-state index in [1.807, 2.05) is 0 Å². The molecule has 19 heavy (non-hydrogen) atoms. The first-order valence-electron chi connectivity index (χ1n) is 5.54. The molecule has 0 aromatic rings. The van der Waals surface area contributed by atoms with Crippen LogP contribution in [0.25, 0.3) is 0 Å². The summed E-state index contributed by atoms with van der Waals surface area (Å²) in [5.74, 6) is -2.65. The summed E-state index contributed by atoms with van der Waals surface area (Å²) in [5, 5.41) is 11.1. The number of aliphatic hydroxyl groups excluding tert-OH is 1. The normalized spacial score (nSPS) is 27.7. The summed E-state index contributed by atoms with van der Waals surface area (Å²) in [4.78, 5) is 21.3. The predicted octanol–water partition coefficient (Wildman–Crippen LogP) is 0.0940. The lowest BCUT2D eigenvalue weighted by Crippen LogP contribution is -2.53. The number of esters is 1. The van der Waals surface area contributed by atoms with E-state index >= 15 is 0 Å². The van der Waals surface area contributed by atoms with E-state index in [1.54, 1.807) is 5.32 Å². The molecule has 0 aromatic carbocycles. The van der Waals surface area contributed by atoms with Crippen LogP contribution in [0.15, 0.2) is 0 Å². The summed E-state index contributed by atoms with van der Waals surface area (Å²) >= 11 is 0. The number of hydrogen-bond acceptors (Lipinski definition) is 5. The van der Waals surface area contributed by atoms with Crippen molar-refractivity contribution >= 4 is 11.9 Å². The van der Waals surface area contributed by atoms with Gasteiger partial charge in [-0.1, -0.05) is 0 Å². The van der Waals surface area contributed by atoms with E-state index < -0.39 is 36.5 Å². The first kappa shape index (κ1) is 15.7. The van der Waals surface area contributed by atoms with Crippen molar-refractivity contribution in [2.75, 3.05) is 6.61 Å². The highest BCUT2D eigenvalue weighted by Crippen LogP contribution is 2.21. The lowest BCUT2D eigenvalue weighted by Gasteiger charge is -2.33. The molecule has 9 heteroatoms. The number of ether oxygens (including phenoxy) is 2. The second-order valence-electron chi connectivity index (χ2n) is 4.11. The Labute approximate surface area is 106 Å². The van der Waals surface area contributed by atoms with Crippen molar-refractivity contribution in [3.05, 3.63) is 0 Å². The number of carbonyl (C=O) groups excluding carboxylic acids is 2. The van der Waals surface area contributed by atoms with Crippen molar-refractivity contribution in [1.82, 2.24) is 5.32 Å². The molecule has 2 N–H and O–H groups in total. The Kier molecular flexibility index (Phi) is 5.12. The second-order valence-corrected chi connectivity index (χ2v) is 4.11. The number of aliphatic hydroxyl groups is 1. The Hall–Kier alpha value is -1.35. The third-order valence-electron chi connectivity index (χ3n) is 2.52. The standard InChI is InChI=1S/C10H14F3NO5/c1-5(15)18-4-6-2-3-7(8(16)19-6)14-9(17)10(11,12)13/h6-8,16H,2-4H2,1H3,(H,14,17)/t6-,7+,8-/m1/s1. The van der Waals surface area contributed by atoms with Crippen molar-refractivity contribution < 1.29 is 37.3 Å². The maximum absolute atomic E-state index is 12.0. The van der Waals surface area contributed by atoms with E-state index in [2.05, 4.69) is 4.74 Å². The molecule has 1 amide bonds. The third-order valence-corrected chi connectivity index (χ3v) is 2.52. The fourth-order valence-corrected chi connectivity index (χ4v) is 1.59. The maximum Gasteiger partial charge on any atom is 0.471 e. The molecule has 1 aliphatic rings. The van der Waals surface area contributed by atoms with Gasteiger partial charge in [0, 0.05) is 6.92 Å². The first-order valence-corrected chi connectivity index (χ1v) is 5.54. The molecule has 0 unspecified atom stereocenters. The molecule has 1 aliphatic heterocycles. The van der Waals surface area contributed by atoms with Gasteiger partial charge in [-0.3, -0.25) is 9.59 Å². The van der Waals surface area contributed by atoms with Crippen molar-refractivity contribution in [1.29, 1.82) is 0 Å². The van der Waals surface area contributed by atoms with E-state index in [-0.39, 0.29) is 19.4 Å². The molecule has 1 heterocycles. The summed E-state index contributed by atoms with van der Waals surface area (Å²) in [6.07, 6.45) is -6.82. The monoisotopic (exact) mass is 285 g/mol. The summed E-state index contributed by atoms with van der Waals surface area (Å²) < 4.78 is 45.7. The van der Waals surface area contributed by atoms with Gasteiger partial charge in [-0.05, 0) is 12.8 Å². The topological polar surface area (TPSA) is 84.9 Å². The molecule has 0 aromatic heterocycles. The molecule has 0 spiro atoms. The summed E-state index contributed by atoms with van der Waals surface area (Å²) in [7, 11) is 0. The number of rotatable bonds is 3. The van der Waals surface area contributed by atoms with Crippen LogP contribution in [0.3, 0.4) is 0 Å². The van der Waals surface area contributed by atoms with Gasteiger partial charge in [0.15, 0.2) is 6.29 Å². The van der Waals surface area contributed by atoms with Gasteiger partial charge in [0.05, 0.1) is 12.1 Å². The number of alkyl halides is 3. The minimum atomic E-state index is -5.01. The Morgan fingerprint density at radius 2 is 2.05 bits per heavy atom. The summed E-state index contributed by atoms with van der Waals surface area (Å²) in [6.45, 7) is 1.11. The van der Waals surface area contributed by atoms with Gasteiger partial charge in [-0.25, -0.2) is 0 Å². The van der Waals surface area contributed by atoms with Gasteiger partial charge in [0.1, 0.15) is 6.61 Å². The van der Waals surface area contributed by atoms with Crippen LogP contribution in [-0.2, 0) is 19.1 Å². The van der Waals surface area contributed by atoms with Crippen molar-refractivity contribution in [2.24, 2.45) is 0 Å². The SMILES string of the molecule is CC(=O)OC[C@H]1CC[C@H](NC(=O)C(F)(F)F)[C@H](O)O1. The summed E-state index contributed by atoms with van der Waals surface area (Å²) in [5.41, 5.74) is 0. The zero-order valence-corrected chi connectivity index (χ0v) is 10.1. The Morgan fingerprint density at radius 3 is 2.53 bits per heavy atom. The van der Waals surface area contributed by atoms with Crippen LogP contribution in [0.2, 0.25) is 0 Å². The smallest absolute Gasteiger partial charge is 0.463 e. The maximum atomic E-state index is 12.0. The molecule has 0 radical (unpaired) electrons. The summed E-state index contributed by atoms with van der Waals surface area (Å²) in [6, 6.07) is -1.14. The molecular weight excluding hydrogens is 271 g/mol. The molecule has 0 aliphatic carbocycles. The average Bonchev–Trinajstić information content (AvgIpc) is 2.28. The van der Waals surface area contributed by atoms with E-state index in [4.69, 9.17) is 4.74 Å². The molecule has 3 atom stereocenters. The van der Waals surface area contributed by atoms with E-state index in [1.165, 1.54) is 6.92 Å². The zero-order chi connectivity index (χ0) is 14.6. The number of carbonyl (C=O) groups is 2. The van der Waals surface area contributed by atoms with Crippen LogP contribution >= 0.6 is 0 Å². The molecule has 1 fully saturated rings. The van der Waals surface area contributed by atoms with Crippen molar-refractivity contribution in [3.8, 4) is 0 Å². The van der Waals surface area contributed by atoms with E-state index in [0.29, 0.717) is 0 Å². The number of amides is 1. The van der Waals surface area contributed by atoms with Crippen LogP contribution in [0.1, 0.15) is 19.8 Å². The highest BCUT2D eigenvalue weighted by Gasteiger charge is 2.42. The highest BCUT2D eigenvalue weighted by molar-refractivity contribution is 5.81. The quantitative estimate of drug-likeness (QED) is 0.718. The van der Waals surface area contributed by atoms with Crippen molar-refractivity contribution in [3.63, 3.8) is 0 Å². The Balaban J connectivity index is 2.42. The Morgan fingerprint density at radius 1 is 1.42 bits per heavy atom. The molecule has 1 saturated heterocycles. The first-order chi connectivity index (χ1) is 8.70.